The highest BCUT2D eigenvalue weighted by molar-refractivity contribution is 5.87. The van der Waals surface area contributed by atoms with Crippen LogP contribution in [0.4, 0.5) is 5.69 Å². The first-order chi connectivity index (χ1) is 7.50. The molecule has 1 amide bonds. The molecule has 1 aromatic carbocycles. The Balaban J connectivity index is 2.92. The van der Waals surface area contributed by atoms with Gasteiger partial charge >= 0.3 is 0 Å². The fourth-order valence-electron chi connectivity index (χ4n) is 1.66. The number of para-hydroxylation sites is 1. The maximum Gasteiger partial charge on any atom is 0.243 e. The highest BCUT2D eigenvalue weighted by atomic mass is 16.1. The van der Waals surface area contributed by atoms with Gasteiger partial charge < -0.3 is 11.1 Å². The molecular weight excluding hydrogens is 200 g/mol. The first-order valence-electron chi connectivity index (χ1n) is 5.63. The smallest absolute Gasteiger partial charge is 0.243 e. The van der Waals surface area contributed by atoms with Crippen molar-refractivity contribution in [2.45, 2.75) is 32.7 Å². The molecule has 0 spiro atoms. The van der Waals surface area contributed by atoms with Crippen LogP contribution in [0, 0.1) is 5.92 Å². The SMILES string of the molecule is CCC(C)C(C)(Nc1ccccc1)C(N)=O. The average molecular weight is 220 g/mol. The van der Waals surface area contributed by atoms with E-state index in [2.05, 4.69) is 12.2 Å². The summed E-state index contributed by atoms with van der Waals surface area (Å²) in [5.74, 6) is -0.129. The lowest BCUT2D eigenvalue weighted by Gasteiger charge is -2.34. The third kappa shape index (κ3) is 2.54. The zero-order valence-electron chi connectivity index (χ0n) is 10.2. The van der Waals surface area contributed by atoms with E-state index < -0.39 is 5.54 Å². The summed E-state index contributed by atoms with van der Waals surface area (Å²) in [6, 6.07) is 9.67. The minimum atomic E-state index is -0.698. The van der Waals surface area contributed by atoms with Gasteiger partial charge in [0.05, 0.1) is 0 Å². The molecule has 1 aromatic rings. The van der Waals surface area contributed by atoms with Gasteiger partial charge in [-0.2, -0.15) is 0 Å². The zero-order chi connectivity index (χ0) is 12.2. The molecule has 2 unspecified atom stereocenters. The second-order valence-electron chi connectivity index (χ2n) is 4.37. The molecular formula is C13H20N2O. The summed E-state index contributed by atoms with van der Waals surface area (Å²) < 4.78 is 0. The molecule has 0 radical (unpaired) electrons. The number of nitrogens with one attached hydrogen (secondary N) is 1. The van der Waals surface area contributed by atoms with E-state index in [4.69, 9.17) is 5.73 Å². The molecule has 0 saturated heterocycles. The molecule has 0 saturated carbocycles. The summed E-state index contributed by atoms with van der Waals surface area (Å²) in [5.41, 5.74) is 5.72. The summed E-state index contributed by atoms with van der Waals surface area (Å²) in [4.78, 5) is 11.6. The first kappa shape index (κ1) is 12.6. The van der Waals surface area contributed by atoms with Crippen LogP contribution in [0.3, 0.4) is 0 Å². The van der Waals surface area contributed by atoms with Crippen LogP contribution in [0.2, 0.25) is 0 Å². The molecule has 0 heterocycles. The average Bonchev–Trinajstić information content (AvgIpc) is 2.28. The van der Waals surface area contributed by atoms with Gasteiger partial charge in [0.25, 0.3) is 0 Å². The highest BCUT2D eigenvalue weighted by Gasteiger charge is 2.35. The van der Waals surface area contributed by atoms with Crippen LogP contribution in [-0.2, 0) is 4.79 Å². The number of amides is 1. The molecule has 2 atom stereocenters. The molecule has 0 aliphatic rings. The van der Waals surface area contributed by atoms with E-state index in [1.807, 2.05) is 44.2 Å². The Morgan fingerprint density at radius 2 is 2.00 bits per heavy atom. The summed E-state index contributed by atoms with van der Waals surface area (Å²) in [6.07, 6.45) is 0.902. The lowest BCUT2D eigenvalue weighted by atomic mass is 9.84. The normalized spacial score (nSPS) is 16.2. The number of benzene rings is 1. The van der Waals surface area contributed by atoms with Crippen molar-refractivity contribution in [3.8, 4) is 0 Å². The van der Waals surface area contributed by atoms with Crippen molar-refractivity contribution in [1.82, 2.24) is 0 Å². The third-order valence-electron chi connectivity index (χ3n) is 3.29. The van der Waals surface area contributed by atoms with E-state index in [0.29, 0.717) is 0 Å². The fraction of sp³-hybridized carbons (Fsp3) is 0.462. The largest absolute Gasteiger partial charge is 0.371 e. The van der Waals surface area contributed by atoms with Crippen LogP contribution >= 0.6 is 0 Å². The number of carbonyl (C=O) groups excluding carboxylic acids is 1. The van der Waals surface area contributed by atoms with Gasteiger partial charge in [-0.25, -0.2) is 0 Å². The topological polar surface area (TPSA) is 55.1 Å². The van der Waals surface area contributed by atoms with Crippen LogP contribution in [0.25, 0.3) is 0 Å². The number of hydrogen-bond acceptors (Lipinski definition) is 2. The predicted molar refractivity (Wildman–Crippen MR) is 67.1 cm³/mol. The van der Waals surface area contributed by atoms with E-state index in [-0.39, 0.29) is 11.8 Å². The van der Waals surface area contributed by atoms with Gasteiger partial charge in [0.2, 0.25) is 5.91 Å². The maximum absolute atomic E-state index is 11.6. The summed E-state index contributed by atoms with van der Waals surface area (Å²) >= 11 is 0. The quantitative estimate of drug-likeness (QED) is 0.800. The van der Waals surface area contributed by atoms with Crippen LogP contribution in [0.15, 0.2) is 30.3 Å². The predicted octanol–water partition coefficient (Wildman–Crippen LogP) is 2.39. The second kappa shape index (κ2) is 5.01. The van der Waals surface area contributed by atoms with Gasteiger partial charge in [0, 0.05) is 5.69 Å². The van der Waals surface area contributed by atoms with Gasteiger partial charge in [-0.1, -0.05) is 38.5 Å². The minimum Gasteiger partial charge on any atom is -0.371 e. The van der Waals surface area contributed by atoms with Crippen LogP contribution in [0.5, 0.6) is 0 Å². The summed E-state index contributed by atoms with van der Waals surface area (Å²) in [7, 11) is 0. The zero-order valence-corrected chi connectivity index (χ0v) is 10.2. The van der Waals surface area contributed by atoms with Crippen LogP contribution < -0.4 is 11.1 Å². The summed E-state index contributed by atoms with van der Waals surface area (Å²) in [5, 5.41) is 3.23. The van der Waals surface area contributed by atoms with Crippen molar-refractivity contribution in [2.75, 3.05) is 5.32 Å². The first-order valence-corrected chi connectivity index (χ1v) is 5.63. The summed E-state index contributed by atoms with van der Waals surface area (Å²) in [6.45, 7) is 5.94. The molecule has 0 aromatic heterocycles. The van der Waals surface area contributed by atoms with E-state index in [1.54, 1.807) is 0 Å². The number of rotatable bonds is 5. The van der Waals surface area contributed by atoms with Crippen LogP contribution in [0.1, 0.15) is 27.2 Å². The lowest BCUT2D eigenvalue weighted by molar-refractivity contribution is -0.123. The molecule has 0 fully saturated rings. The Labute approximate surface area is 97.0 Å². The third-order valence-corrected chi connectivity index (χ3v) is 3.29. The molecule has 88 valence electrons. The fourth-order valence-corrected chi connectivity index (χ4v) is 1.66. The minimum absolute atomic E-state index is 0.185. The standard InChI is InChI=1S/C13H20N2O/c1-4-10(2)13(3,12(14)16)15-11-8-6-5-7-9-11/h5-10,15H,4H2,1-3H3,(H2,14,16). The highest BCUT2D eigenvalue weighted by Crippen LogP contribution is 2.25. The van der Waals surface area contributed by atoms with Crippen molar-refractivity contribution in [1.29, 1.82) is 0 Å². The van der Waals surface area contributed by atoms with Crippen molar-refractivity contribution in [3.05, 3.63) is 30.3 Å². The molecule has 16 heavy (non-hydrogen) atoms. The molecule has 0 bridgehead atoms. The lowest BCUT2D eigenvalue weighted by Crippen LogP contribution is -2.52. The van der Waals surface area contributed by atoms with E-state index in [1.165, 1.54) is 0 Å². The monoisotopic (exact) mass is 220 g/mol. The number of anilines is 1. The Kier molecular flexibility index (Phi) is 3.93. The molecule has 3 heteroatoms. The number of nitrogens with two attached hydrogens (primary N) is 1. The van der Waals surface area contributed by atoms with E-state index in [0.717, 1.165) is 12.1 Å². The molecule has 1 rings (SSSR count). The van der Waals surface area contributed by atoms with Crippen LogP contribution in [-0.4, -0.2) is 11.4 Å². The number of primary amides is 1. The Morgan fingerprint density at radius 1 is 1.44 bits per heavy atom. The molecule has 0 aliphatic carbocycles. The van der Waals surface area contributed by atoms with Crippen molar-refractivity contribution in [2.24, 2.45) is 11.7 Å². The van der Waals surface area contributed by atoms with Gasteiger partial charge in [-0.3, -0.25) is 4.79 Å². The molecule has 3 nitrogen and oxygen atoms in total. The Bertz CT molecular complexity index is 350. The van der Waals surface area contributed by atoms with E-state index >= 15 is 0 Å². The van der Waals surface area contributed by atoms with E-state index in [9.17, 15) is 4.79 Å². The Morgan fingerprint density at radius 3 is 2.44 bits per heavy atom. The van der Waals surface area contributed by atoms with Gasteiger partial charge in [-0.05, 0) is 25.0 Å². The van der Waals surface area contributed by atoms with Gasteiger partial charge in [0.1, 0.15) is 5.54 Å². The van der Waals surface area contributed by atoms with Crippen molar-refractivity contribution < 1.29 is 4.79 Å². The molecule has 3 N–H and O–H groups in total. The van der Waals surface area contributed by atoms with Gasteiger partial charge in [0.15, 0.2) is 0 Å². The number of hydrogen-bond donors (Lipinski definition) is 2. The molecule has 0 aliphatic heterocycles. The Hall–Kier alpha value is -1.51. The second-order valence-corrected chi connectivity index (χ2v) is 4.37. The van der Waals surface area contributed by atoms with Crippen molar-refractivity contribution >= 4 is 11.6 Å². The van der Waals surface area contributed by atoms with Gasteiger partial charge in [-0.15, -0.1) is 0 Å². The maximum atomic E-state index is 11.6. The van der Waals surface area contributed by atoms with Crippen molar-refractivity contribution in [3.63, 3.8) is 0 Å². The number of carbonyl (C=O) groups is 1.